The van der Waals surface area contributed by atoms with E-state index >= 15 is 0 Å². The van der Waals surface area contributed by atoms with Crippen LogP contribution in [0.25, 0.3) is 0 Å². The minimum Gasteiger partial charge on any atom is -0.325 e. The third kappa shape index (κ3) is 2.60. The van der Waals surface area contributed by atoms with Gasteiger partial charge >= 0.3 is 0 Å². The van der Waals surface area contributed by atoms with E-state index in [0.717, 1.165) is 0 Å². The van der Waals surface area contributed by atoms with E-state index in [2.05, 4.69) is 4.98 Å². The predicted octanol–water partition coefficient (Wildman–Crippen LogP) is 2.15. The second-order valence-electron chi connectivity index (χ2n) is 2.78. The van der Waals surface area contributed by atoms with Crippen LogP contribution in [0.2, 0.25) is 0 Å². The van der Waals surface area contributed by atoms with Crippen molar-refractivity contribution in [2.24, 2.45) is 5.73 Å². The molecular formula is C9H8F2IN3. The molecule has 0 amide bonds. The number of nitrogens with two attached hydrogens (primary N) is 1. The summed E-state index contributed by atoms with van der Waals surface area (Å²) >= 11 is 1.89. The maximum atomic E-state index is 12.8. The SMILES string of the molecule is N#CCc1c(I)cnc(CN)c1C(F)F. The van der Waals surface area contributed by atoms with Crippen molar-refractivity contribution in [3.8, 4) is 6.07 Å². The van der Waals surface area contributed by atoms with Crippen molar-refractivity contribution in [3.05, 3.63) is 26.6 Å². The number of halogens is 3. The van der Waals surface area contributed by atoms with Gasteiger partial charge in [-0.05, 0) is 28.2 Å². The number of hydrogen-bond acceptors (Lipinski definition) is 3. The first-order valence-electron chi connectivity index (χ1n) is 4.13. The van der Waals surface area contributed by atoms with Crippen molar-refractivity contribution in [1.82, 2.24) is 4.98 Å². The second kappa shape index (κ2) is 5.32. The second-order valence-corrected chi connectivity index (χ2v) is 3.95. The summed E-state index contributed by atoms with van der Waals surface area (Å²) < 4.78 is 26.1. The van der Waals surface area contributed by atoms with Crippen LogP contribution in [0, 0.1) is 14.9 Å². The van der Waals surface area contributed by atoms with E-state index in [1.165, 1.54) is 6.20 Å². The fourth-order valence-corrected chi connectivity index (χ4v) is 1.88. The summed E-state index contributed by atoms with van der Waals surface area (Å²) in [5.74, 6) is 0. The molecule has 0 unspecified atom stereocenters. The zero-order valence-electron chi connectivity index (χ0n) is 7.67. The van der Waals surface area contributed by atoms with E-state index in [0.29, 0.717) is 9.13 Å². The molecule has 0 atom stereocenters. The molecule has 0 aromatic carbocycles. The third-order valence-electron chi connectivity index (χ3n) is 1.93. The molecule has 0 spiro atoms. The predicted molar refractivity (Wildman–Crippen MR) is 59.1 cm³/mol. The minimum atomic E-state index is -2.64. The summed E-state index contributed by atoms with van der Waals surface area (Å²) in [6, 6.07) is 1.86. The molecular weight excluding hydrogens is 315 g/mol. The summed E-state index contributed by atoms with van der Waals surface area (Å²) in [5, 5.41) is 8.56. The third-order valence-corrected chi connectivity index (χ3v) is 2.86. The Kier molecular flexibility index (Phi) is 4.35. The van der Waals surface area contributed by atoms with Crippen LogP contribution in [0.1, 0.15) is 23.2 Å². The Morgan fingerprint density at radius 2 is 2.27 bits per heavy atom. The first-order valence-corrected chi connectivity index (χ1v) is 5.21. The van der Waals surface area contributed by atoms with Crippen molar-refractivity contribution < 1.29 is 8.78 Å². The van der Waals surface area contributed by atoms with Crippen LogP contribution in [0.5, 0.6) is 0 Å². The highest BCUT2D eigenvalue weighted by molar-refractivity contribution is 14.1. The molecule has 1 aromatic heterocycles. The van der Waals surface area contributed by atoms with Gasteiger partial charge in [-0.1, -0.05) is 0 Å². The van der Waals surface area contributed by atoms with Crippen molar-refractivity contribution in [1.29, 1.82) is 5.26 Å². The number of nitrogens with zero attached hydrogens (tertiary/aromatic N) is 2. The Labute approximate surface area is 99.4 Å². The van der Waals surface area contributed by atoms with Gasteiger partial charge in [-0.15, -0.1) is 0 Å². The first kappa shape index (κ1) is 12.3. The molecule has 0 aliphatic rings. The molecule has 15 heavy (non-hydrogen) atoms. The van der Waals surface area contributed by atoms with E-state index < -0.39 is 6.43 Å². The maximum Gasteiger partial charge on any atom is 0.265 e. The summed E-state index contributed by atoms with van der Waals surface area (Å²) in [6.45, 7) is -0.0466. The first-order chi connectivity index (χ1) is 7.11. The van der Waals surface area contributed by atoms with Crippen LogP contribution < -0.4 is 5.73 Å². The summed E-state index contributed by atoms with van der Waals surface area (Å²) in [6.07, 6.45) is -1.23. The van der Waals surface area contributed by atoms with Gasteiger partial charge < -0.3 is 5.73 Å². The molecule has 0 fully saturated rings. The van der Waals surface area contributed by atoms with Crippen molar-refractivity contribution in [3.63, 3.8) is 0 Å². The fraction of sp³-hybridized carbons (Fsp3) is 0.333. The van der Waals surface area contributed by atoms with Gasteiger partial charge in [-0.3, -0.25) is 4.98 Å². The van der Waals surface area contributed by atoms with Crippen LogP contribution in [0.15, 0.2) is 6.20 Å². The molecule has 2 N–H and O–H groups in total. The van der Waals surface area contributed by atoms with Crippen LogP contribution in [0.3, 0.4) is 0 Å². The van der Waals surface area contributed by atoms with Crippen molar-refractivity contribution in [2.45, 2.75) is 19.4 Å². The van der Waals surface area contributed by atoms with Crippen molar-refractivity contribution >= 4 is 22.6 Å². The number of pyridine rings is 1. The molecule has 1 heterocycles. The lowest BCUT2D eigenvalue weighted by Gasteiger charge is -2.11. The highest BCUT2D eigenvalue weighted by Crippen LogP contribution is 2.28. The number of alkyl halides is 2. The monoisotopic (exact) mass is 323 g/mol. The van der Waals surface area contributed by atoms with E-state index in [-0.39, 0.29) is 24.2 Å². The molecule has 0 aliphatic heterocycles. The average molecular weight is 323 g/mol. The number of rotatable bonds is 3. The van der Waals surface area contributed by atoms with Crippen LogP contribution >= 0.6 is 22.6 Å². The lowest BCUT2D eigenvalue weighted by atomic mass is 10.0. The molecule has 0 bridgehead atoms. The van der Waals surface area contributed by atoms with Gasteiger partial charge in [-0.2, -0.15) is 5.26 Å². The number of hydrogen-bond donors (Lipinski definition) is 1. The topological polar surface area (TPSA) is 62.7 Å². The molecule has 0 saturated heterocycles. The normalized spacial score (nSPS) is 10.4. The number of nitriles is 1. The zero-order valence-corrected chi connectivity index (χ0v) is 9.83. The lowest BCUT2D eigenvalue weighted by molar-refractivity contribution is 0.148. The molecule has 0 aliphatic carbocycles. The molecule has 0 saturated carbocycles. The van der Waals surface area contributed by atoms with Gasteiger partial charge in [0.05, 0.1) is 18.2 Å². The summed E-state index contributed by atoms with van der Waals surface area (Å²) in [4.78, 5) is 3.84. The zero-order chi connectivity index (χ0) is 11.4. The van der Waals surface area contributed by atoms with Crippen LogP contribution in [-0.4, -0.2) is 4.98 Å². The van der Waals surface area contributed by atoms with Gasteiger partial charge in [0.15, 0.2) is 0 Å². The van der Waals surface area contributed by atoms with E-state index in [1.54, 1.807) is 0 Å². The largest absolute Gasteiger partial charge is 0.325 e. The van der Waals surface area contributed by atoms with Crippen LogP contribution in [0.4, 0.5) is 8.78 Å². The Morgan fingerprint density at radius 3 is 2.73 bits per heavy atom. The molecule has 1 aromatic rings. The van der Waals surface area contributed by atoms with Gasteiger partial charge in [-0.25, -0.2) is 8.78 Å². The quantitative estimate of drug-likeness (QED) is 0.867. The maximum absolute atomic E-state index is 12.8. The Balaban J connectivity index is 3.38. The minimum absolute atomic E-state index is 0.0466. The van der Waals surface area contributed by atoms with Gasteiger partial charge in [0.2, 0.25) is 0 Å². The van der Waals surface area contributed by atoms with Crippen LogP contribution in [-0.2, 0) is 13.0 Å². The Hall–Kier alpha value is -0.810. The summed E-state index contributed by atoms with van der Waals surface area (Å²) in [7, 11) is 0. The molecule has 80 valence electrons. The molecule has 0 radical (unpaired) electrons. The summed E-state index contributed by atoms with van der Waals surface area (Å²) in [5.41, 5.74) is 5.63. The Bertz CT molecular complexity index is 401. The highest BCUT2D eigenvalue weighted by Gasteiger charge is 2.20. The average Bonchev–Trinajstić information content (AvgIpc) is 2.20. The standard InChI is InChI=1S/C9H8F2IN3/c10-9(11)8-5(1-2-13)6(12)4-15-7(8)3-14/h4,9H,1,3,14H2. The molecule has 3 nitrogen and oxygen atoms in total. The lowest BCUT2D eigenvalue weighted by Crippen LogP contribution is -2.09. The van der Waals surface area contributed by atoms with E-state index in [4.69, 9.17) is 11.0 Å². The van der Waals surface area contributed by atoms with Crippen molar-refractivity contribution in [2.75, 3.05) is 0 Å². The highest BCUT2D eigenvalue weighted by atomic mass is 127. The smallest absolute Gasteiger partial charge is 0.265 e. The van der Waals surface area contributed by atoms with Gasteiger partial charge in [0.1, 0.15) is 0 Å². The number of aromatic nitrogens is 1. The van der Waals surface area contributed by atoms with E-state index in [9.17, 15) is 8.78 Å². The van der Waals surface area contributed by atoms with E-state index in [1.807, 2.05) is 28.7 Å². The molecule has 6 heteroatoms. The fourth-order valence-electron chi connectivity index (χ4n) is 1.26. The molecule has 1 rings (SSSR count). The van der Waals surface area contributed by atoms with Gasteiger partial charge in [0, 0.05) is 21.9 Å². The Morgan fingerprint density at radius 1 is 1.60 bits per heavy atom. The van der Waals surface area contributed by atoms with Gasteiger partial charge in [0.25, 0.3) is 6.43 Å².